The number of halogens is 1. The number of fused-ring (bicyclic) bond motifs is 1. The monoisotopic (exact) mass is 407 g/mol. The maximum absolute atomic E-state index is 6.39. The molecule has 0 fully saturated rings. The quantitative estimate of drug-likeness (QED) is 0.548. The average molecular weight is 408 g/mol. The van der Waals surface area contributed by atoms with E-state index in [0.29, 0.717) is 24.0 Å². The molecule has 4 rings (SSSR count). The predicted molar refractivity (Wildman–Crippen MR) is 106 cm³/mol. The Morgan fingerprint density at radius 1 is 1.27 bits per heavy atom. The van der Waals surface area contributed by atoms with Crippen molar-refractivity contribution >= 4 is 34.7 Å². The molecule has 3 heterocycles. The number of rotatable bonds is 5. The summed E-state index contributed by atoms with van der Waals surface area (Å²) in [6.07, 6.45) is 0.861. The zero-order valence-electron chi connectivity index (χ0n) is 14.3. The van der Waals surface area contributed by atoms with E-state index in [2.05, 4.69) is 33.1 Å². The van der Waals surface area contributed by atoms with Gasteiger partial charge in [-0.15, -0.1) is 21.5 Å². The van der Waals surface area contributed by atoms with Crippen molar-refractivity contribution in [2.45, 2.75) is 30.8 Å². The minimum absolute atomic E-state index is 0.594. The molecule has 136 valence electrons. The van der Waals surface area contributed by atoms with Crippen molar-refractivity contribution in [3.8, 4) is 22.2 Å². The summed E-state index contributed by atoms with van der Waals surface area (Å²) in [6, 6.07) is 8.04. The molecule has 0 saturated heterocycles. The largest absolute Gasteiger partial charge is 0.489 e. The molecular weight excluding hydrogens is 390 g/mol. The van der Waals surface area contributed by atoms with Crippen molar-refractivity contribution in [3.63, 3.8) is 0 Å². The summed E-state index contributed by atoms with van der Waals surface area (Å²) in [5.74, 6) is 3.03. The van der Waals surface area contributed by atoms with Crippen LogP contribution < -0.4 is 9.47 Å². The lowest BCUT2D eigenvalue weighted by Crippen LogP contribution is -1.99. The molecule has 3 aromatic rings. The summed E-state index contributed by atoms with van der Waals surface area (Å²) in [4.78, 5) is 1.13. The standard InChI is InChI=1S/C18H18ClN3O2S2/c1-2-22-17(15-5-3-8-25-15)20-21-18(22)26-11-12-9-13(19)16-14(10-12)23-6-4-7-24-16/h3,5,8-10H,2,4,6-7,11H2,1H3. The number of benzene rings is 1. The maximum atomic E-state index is 6.39. The molecule has 0 unspecified atom stereocenters. The highest BCUT2D eigenvalue weighted by molar-refractivity contribution is 7.98. The fraction of sp³-hybridized carbons (Fsp3) is 0.333. The van der Waals surface area contributed by atoms with Crippen molar-refractivity contribution in [2.24, 2.45) is 0 Å². The zero-order valence-corrected chi connectivity index (χ0v) is 16.7. The van der Waals surface area contributed by atoms with Crippen LogP contribution >= 0.6 is 34.7 Å². The van der Waals surface area contributed by atoms with Crippen molar-refractivity contribution in [3.05, 3.63) is 40.2 Å². The van der Waals surface area contributed by atoms with E-state index < -0.39 is 0 Å². The van der Waals surface area contributed by atoms with E-state index in [4.69, 9.17) is 21.1 Å². The maximum Gasteiger partial charge on any atom is 0.191 e. The minimum Gasteiger partial charge on any atom is -0.489 e. The van der Waals surface area contributed by atoms with Crippen LogP contribution in [0.5, 0.6) is 11.5 Å². The Bertz CT molecular complexity index is 896. The third-order valence-electron chi connectivity index (χ3n) is 4.00. The van der Waals surface area contributed by atoms with E-state index in [-0.39, 0.29) is 0 Å². The van der Waals surface area contributed by atoms with E-state index in [1.807, 2.05) is 18.2 Å². The molecule has 0 N–H and O–H groups in total. The molecule has 0 saturated carbocycles. The molecule has 8 heteroatoms. The summed E-state index contributed by atoms with van der Waals surface area (Å²) >= 11 is 9.70. The first-order chi connectivity index (χ1) is 12.8. The van der Waals surface area contributed by atoms with Crippen LogP contribution in [0.3, 0.4) is 0 Å². The van der Waals surface area contributed by atoms with E-state index in [0.717, 1.165) is 45.9 Å². The molecule has 1 aromatic carbocycles. The van der Waals surface area contributed by atoms with Gasteiger partial charge in [0.05, 0.1) is 23.1 Å². The Morgan fingerprint density at radius 3 is 2.96 bits per heavy atom. The summed E-state index contributed by atoms with van der Waals surface area (Å²) in [6.45, 7) is 4.21. The van der Waals surface area contributed by atoms with Crippen LogP contribution in [-0.4, -0.2) is 28.0 Å². The van der Waals surface area contributed by atoms with Crippen LogP contribution in [0.2, 0.25) is 5.02 Å². The Hall–Kier alpha value is -1.70. The molecule has 26 heavy (non-hydrogen) atoms. The van der Waals surface area contributed by atoms with Gasteiger partial charge in [-0.2, -0.15) is 0 Å². The first kappa shape index (κ1) is 17.7. The molecule has 0 aliphatic carbocycles. The van der Waals surface area contributed by atoms with Crippen molar-refractivity contribution < 1.29 is 9.47 Å². The van der Waals surface area contributed by atoms with Crippen molar-refractivity contribution in [1.82, 2.24) is 14.8 Å². The molecule has 0 atom stereocenters. The van der Waals surface area contributed by atoms with Gasteiger partial charge in [0.25, 0.3) is 0 Å². The summed E-state index contributed by atoms with van der Waals surface area (Å²) in [7, 11) is 0. The first-order valence-corrected chi connectivity index (χ1v) is 10.7. The fourth-order valence-electron chi connectivity index (χ4n) is 2.78. The number of aromatic nitrogens is 3. The van der Waals surface area contributed by atoms with Gasteiger partial charge in [-0.3, -0.25) is 0 Å². The van der Waals surface area contributed by atoms with Crippen LogP contribution in [0.25, 0.3) is 10.7 Å². The molecule has 1 aliphatic rings. The van der Waals surface area contributed by atoms with E-state index >= 15 is 0 Å². The lowest BCUT2D eigenvalue weighted by Gasteiger charge is -2.11. The van der Waals surface area contributed by atoms with Gasteiger partial charge in [0.15, 0.2) is 22.5 Å². The highest BCUT2D eigenvalue weighted by atomic mass is 35.5. The summed E-state index contributed by atoms with van der Waals surface area (Å²) in [5.41, 5.74) is 1.08. The molecule has 5 nitrogen and oxygen atoms in total. The minimum atomic E-state index is 0.594. The normalized spacial score (nSPS) is 13.6. The van der Waals surface area contributed by atoms with Gasteiger partial charge in [-0.05, 0) is 36.1 Å². The van der Waals surface area contributed by atoms with E-state index in [1.54, 1.807) is 23.1 Å². The second-order valence-electron chi connectivity index (χ2n) is 5.77. The number of ether oxygens (including phenoxy) is 2. The third kappa shape index (κ3) is 3.56. The Labute approximate surface area is 165 Å². The van der Waals surface area contributed by atoms with E-state index in [9.17, 15) is 0 Å². The van der Waals surface area contributed by atoms with E-state index in [1.165, 1.54) is 0 Å². The van der Waals surface area contributed by atoms with Gasteiger partial charge in [-0.1, -0.05) is 29.4 Å². The highest BCUT2D eigenvalue weighted by Gasteiger charge is 2.17. The average Bonchev–Trinajstić information content (AvgIpc) is 3.24. The molecule has 1 aliphatic heterocycles. The van der Waals surface area contributed by atoms with Crippen molar-refractivity contribution in [2.75, 3.05) is 13.2 Å². The fourth-order valence-corrected chi connectivity index (χ4v) is 4.72. The van der Waals surface area contributed by atoms with Crippen LogP contribution in [-0.2, 0) is 12.3 Å². The topological polar surface area (TPSA) is 49.2 Å². The van der Waals surface area contributed by atoms with Gasteiger partial charge < -0.3 is 14.0 Å². The Morgan fingerprint density at radius 2 is 2.15 bits per heavy atom. The lowest BCUT2D eigenvalue weighted by atomic mass is 10.2. The molecule has 0 amide bonds. The molecular formula is C18H18ClN3O2S2. The van der Waals surface area contributed by atoms with Crippen LogP contribution in [0.1, 0.15) is 18.9 Å². The predicted octanol–water partition coefficient (Wildman–Crippen LogP) is 5.13. The van der Waals surface area contributed by atoms with Gasteiger partial charge in [-0.25, -0.2) is 0 Å². The van der Waals surface area contributed by atoms with Crippen LogP contribution in [0.15, 0.2) is 34.8 Å². The Kier molecular flexibility index (Phi) is 5.38. The molecule has 0 radical (unpaired) electrons. The van der Waals surface area contributed by atoms with Crippen LogP contribution in [0, 0.1) is 0 Å². The third-order valence-corrected chi connectivity index (χ3v) is 6.19. The van der Waals surface area contributed by atoms with Crippen molar-refractivity contribution in [1.29, 1.82) is 0 Å². The number of thioether (sulfide) groups is 1. The second kappa shape index (κ2) is 7.90. The molecule has 0 spiro atoms. The smallest absolute Gasteiger partial charge is 0.191 e. The van der Waals surface area contributed by atoms with Gasteiger partial charge in [0.1, 0.15) is 0 Å². The number of nitrogens with zero attached hydrogens (tertiary/aromatic N) is 3. The number of thiophene rings is 1. The highest BCUT2D eigenvalue weighted by Crippen LogP contribution is 2.39. The summed E-state index contributed by atoms with van der Waals surface area (Å²) < 4.78 is 13.6. The second-order valence-corrected chi connectivity index (χ2v) is 8.07. The zero-order chi connectivity index (χ0) is 17.9. The summed E-state index contributed by atoms with van der Waals surface area (Å²) in [5, 5.41) is 12.3. The molecule has 0 bridgehead atoms. The SMILES string of the molecule is CCn1c(SCc2cc(Cl)c3c(c2)OCCCO3)nnc1-c1cccs1. The Balaban J connectivity index is 1.55. The first-order valence-electron chi connectivity index (χ1n) is 8.44. The van der Waals surface area contributed by atoms with Gasteiger partial charge >= 0.3 is 0 Å². The van der Waals surface area contributed by atoms with Gasteiger partial charge in [0, 0.05) is 18.7 Å². The van der Waals surface area contributed by atoms with Gasteiger partial charge in [0.2, 0.25) is 0 Å². The lowest BCUT2D eigenvalue weighted by molar-refractivity contribution is 0.297. The number of hydrogen-bond acceptors (Lipinski definition) is 6. The molecule has 2 aromatic heterocycles. The van der Waals surface area contributed by atoms with Crippen LogP contribution in [0.4, 0.5) is 0 Å². The number of hydrogen-bond donors (Lipinski definition) is 0.